The van der Waals surface area contributed by atoms with Gasteiger partial charge in [-0.3, -0.25) is 0 Å². The van der Waals surface area contributed by atoms with Gasteiger partial charge in [0.1, 0.15) is 11.5 Å². The van der Waals surface area contributed by atoms with E-state index >= 15 is 0 Å². The third-order valence-corrected chi connectivity index (χ3v) is 3.91. The van der Waals surface area contributed by atoms with Crippen molar-refractivity contribution in [1.29, 1.82) is 0 Å². The highest BCUT2D eigenvalue weighted by molar-refractivity contribution is 5.57. The minimum Gasteiger partial charge on any atom is -0.457 e. The second kappa shape index (κ2) is 3.88. The molecule has 1 heterocycles. The smallest absolute Gasteiger partial charge is 0.131 e. The van der Waals surface area contributed by atoms with Crippen molar-refractivity contribution in [2.75, 3.05) is 0 Å². The molecular formula is C17H18O. The molecule has 1 heteroatoms. The Kier molecular flexibility index (Phi) is 2.44. The maximum Gasteiger partial charge on any atom is 0.131 e. The summed E-state index contributed by atoms with van der Waals surface area (Å²) < 4.78 is 6.06. The van der Waals surface area contributed by atoms with Crippen LogP contribution in [0.1, 0.15) is 37.5 Å². The van der Waals surface area contributed by atoms with E-state index < -0.39 is 0 Å². The average Bonchev–Trinajstić information content (AvgIpc) is 2.38. The molecule has 1 aliphatic rings. The van der Waals surface area contributed by atoms with Gasteiger partial charge in [-0.05, 0) is 24.1 Å². The number of rotatable bonds is 1. The summed E-state index contributed by atoms with van der Waals surface area (Å²) in [4.78, 5) is 0. The van der Waals surface area contributed by atoms with Gasteiger partial charge in [-0.2, -0.15) is 0 Å². The number of hydrogen-bond acceptors (Lipinski definition) is 1. The minimum absolute atomic E-state index is 0.0104. The minimum atomic E-state index is 0.0104. The van der Waals surface area contributed by atoms with Crippen LogP contribution < -0.4 is 4.74 Å². The molecule has 2 aromatic rings. The number of hydrogen-bond donors (Lipinski definition) is 0. The van der Waals surface area contributed by atoms with Crippen molar-refractivity contribution in [2.45, 2.75) is 32.6 Å². The molecule has 0 unspecified atom stereocenters. The standard InChI is InChI=1S/C17H18O/c1-4-12-9-10-14-16(11-12)18-15-8-6-5-7-13(15)17(14,2)3/h5-11H,4H2,1-3H3. The van der Waals surface area contributed by atoms with Gasteiger partial charge in [-0.1, -0.05) is 51.1 Å². The Morgan fingerprint density at radius 3 is 2.44 bits per heavy atom. The topological polar surface area (TPSA) is 9.23 Å². The second-order valence-corrected chi connectivity index (χ2v) is 5.41. The quantitative estimate of drug-likeness (QED) is 0.701. The lowest BCUT2D eigenvalue weighted by Crippen LogP contribution is -2.24. The van der Waals surface area contributed by atoms with E-state index in [2.05, 4.69) is 57.2 Å². The summed E-state index contributed by atoms with van der Waals surface area (Å²) in [7, 11) is 0. The van der Waals surface area contributed by atoms with Crippen LogP contribution >= 0.6 is 0 Å². The lowest BCUT2D eigenvalue weighted by molar-refractivity contribution is 0.417. The van der Waals surface area contributed by atoms with Crippen LogP contribution in [-0.2, 0) is 11.8 Å². The molecule has 0 fully saturated rings. The Labute approximate surface area is 108 Å². The molecule has 3 rings (SSSR count). The first-order valence-electron chi connectivity index (χ1n) is 6.53. The maximum atomic E-state index is 6.06. The van der Waals surface area contributed by atoms with Crippen LogP contribution in [0, 0.1) is 0 Å². The molecule has 0 aliphatic carbocycles. The van der Waals surface area contributed by atoms with Crippen molar-refractivity contribution in [3.05, 3.63) is 59.2 Å². The van der Waals surface area contributed by atoms with Crippen molar-refractivity contribution in [2.24, 2.45) is 0 Å². The van der Waals surface area contributed by atoms with E-state index in [9.17, 15) is 0 Å². The Balaban J connectivity index is 2.21. The van der Waals surface area contributed by atoms with Gasteiger partial charge in [0, 0.05) is 16.5 Å². The summed E-state index contributed by atoms with van der Waals surface area (Å²) >= 11 is 0. The lowest BCUT2D eigenvalue weighted by atomic mass is 9.75. The SMILES string of the molecule is CCc1ccc2c(c1)Oc1ccccc1C2(C)C. The molecule has 1 aliphatic heterocycles. The highest BCUT2D eigenvalue weighted by Gasteiger charge is 2.33. The van der Waals surface area contributed by atoms with Crippen molar-refractivity contribution in [3.8, 4) is 11.5 Å². The third-order valence-electron chi connectivity index (χ3n) is 3.91. The Hall–Kier alpha value is -1.76. The van der Waals surface area contributed by atoms with Gasteiger partial charge in [0.25, 0.3) is 0 Å². The van der Waals surface area contributed by atoms with Crippen molar-refractivity contribution >= 4 is 0 Å². The van der Waals surface area contributed by atoms with Gasteiger partial charge >= 0.3 is 0 Å². The van der Waals surface area contributed by atoms with Crippen LogP contribution in [0.4, 0.5) is 0 Å². The van der Waals surface area contributed by atoms with Crippen molar-refractivity contribution < 1.29 is 4.74 Å². The van der Waals surface area contributed by atoms with Gasteiger partial charge in [0.05, 0.1) is 0 Å². The van der Waals surface area contributed by atoms with Crippen molar-refractivity contribution in [1.82, 2.24) is 0 Å². The Morgan fingerprint density at radius 1 is 0.944 bits per heavy atom. The van der Waals surface area contributed by atoms with E-state index in [1.54, 1.807) is 0 Å². The summed E-state index contributed by atoms with van der Waals surface area (Å²) in [5, 5.41) is 0. The molecule has 0 bridgehead atoms. The van der Waals surface area contributed by atoms with Gasteiger partial charge in [-0.15, -0.1) is 0 Å². The zero-order valence-electron chi connectivity index (χ0n) is 11.2. The molecule has 0 N–H and O–H groups in total. The average molecular weight is 238 g/mol. The van der Waals surface area contributed by atoms with Crippen LogP contribution in [-0.4, -0.2) is 0 Å². The first-order valence-corrected chi connectivity index (χ1v) is 6.53. The fourth-order valence-corrected chi connectivity index (χ4v) is 2.72. The van der Waals surface area contributed by atoms with E-state index in [0.29, 0.717) is 0 Å². The molecule has 0 saturated heterocycles. The highest BCUT2D eigenvalue weighted by Crippen LogP contribution is 2.47. The van der Waals surface area contributed by atoms with Crippen LogP contribution in [0.15, 0.2) is 42.5 Å². The first-order chi connectivity index (χ1) is 8.63. The number of aryl methyl sites for hydroxylation is 1. The molecule has 92 valence electrons. The highest BCUT2D eigenvalue weighted by atomic mass is 16.5. The fraction of sp³-hybridized carbons (Fsp3) is 0.294. The molecule has 1 nitrogen and oxygen atoms in total. The van der Waals surface area contributed by atoms with Crippen LogP contribution in [0.25, 0.3) is 0 Å². The molecule has 0 aromatic heterocycles. The van der Waals surface area contributed by atoms with Gasteiger partial charge in [0.15, 0.2) is 0 Å². The summed E-state index contributed by atoms with van der Waals surface area (Å²) in [6.07, 6.45) is 1.04. The third kappa shape index (κ3) is 1.54. The fourth-order valence-electron chi connectivity index (χ4n) is 2.72. The number of para-hydroxylation sites is 1. The summed E-state index contributed by atoms with van der Waals surface area (Å²) in [5.74, 6) is 2.00. The van der Waals surface area contributed by atoms with Crippen molar-refractivity contribution in [3.63, 3.8) is 0 Å². The van der Waals surface area contributed by atoms with E-state index in [1.807, 2.05) is 6.07 Å². The van der Waals surface area contributed by atoms with Crippen LogP contribution in [0.2, 0.25) is 0 Å². The number of benzene rings is 2. The number of ether oxygens (including phenoxy) is 1. The van der Waals surface area contributed by atoms with Gasteiger partial charge < -0.3 is 4.74 Å². The molecule has 0 saturated carbocycles. The zero-order valence-corrected chi connectivity index (χ0v) is 11.2. The normalized spacial score (nSPS) is 15.5. The Morgan fingerprint density at radius 2 is 1.67 bits per heavy atom. The molecule has 0 amide bonds. The maximum absolute atomic E-state index is 6.06. The lowest BCUT2D eigenvalue weighted by Gasteiger charge is -2.34. The van der Waals surface area contributed by atoms with Gasteiger partial charge in [0.2, 0.25) is 0 Å². The van der Waals surface area contributed by atoms with Crippen LogP contribution in [0.3, 0.4) is 0 Å². The molecule has 0 radical (unpaired) electrons. The summed E-state index contributed by atoms with van der Waals surface area (Å²) in [6, 6.07) is 14.9. The van der Waals surface area contributed by atoms with E-state index in [-0.39, 0.29) is 5.41 Å². The zero-order chi connectivity index (χ0) is 12.8. The molecule has 0 spiro atoms. The predicted molar refractivity (Wildman–Crippen MR) is 74.5 cm³/mol. The monoisotopic (exact) mass is 238 g/mol. The molecule has 0 atom stereocenters. The van der Waals surface area contributed by atoms with E-state index in [0.717, 1.165) is 17.9 Å². The van der Waals surface area contributed by atoms with E-state index in [1.165, 1.54) is 16.7 Å². The molecule has 18 heavy (non-hydrogen) atoms. The van der Waals surface area contributed by atoms with E-state index in [4.69, 9.17) is 4.74 Å². The second-order valence-electron chi connectivity index (χ2n) is 5.41. The summed E-state index contributed by atoms with van der Waals surface area (Å²) in [5.41, 5.74) is 3.88. The largest absolute Gasteiger partial charge is 0.457 e. The first kappa shape index (κ1) is 11.3. The molecule has 2 aromatic carbocycles. The summed E-state index contributed by atoms with van der Waals surface area (Å²) in [6.45, 7) is 6.70. The van der Waals surface area contributed by atoms with Crippen LogP contribution in [0.5, 0.6) is 11.5 Å². The molecular weight excluding hydrogens is 220 g/mol. The number of fused-ring (bicyclic) bond motifs is 2. The van der Waals surface area contributed by atoms with Gasteiger partial charge in [-0.25, -0.2) is 0 Å². The Bertz CT molecular complexity index is 596. The predicted octanol–water partition coefficient (Wildman–Crippen LogP) is 4.68.